The summed E-state index contributed by atoms with van der Waals surface area (Å²) in [7, 11) is 1.76. The van der Waals surface area contributed by atoms with Gasteiger partial charge in [0.05, 0.1) is 6.42 Å². The molecule has 1 aliphatic rings. The summed E-state index contributed by atoms with van der Waals surface area (Å²) in [6.07, 6.45) is 1.31. The highest BCUT2D eigenvalue weighted by Crippen LogP contribution is 2.21. The van der Waals surface area contributed by atoms with E-state index in [1.54, 1.807) is 24.1 Å². The molecule has 0 aliphatic carbocycles. The number of rotatable bonds is 5. The van der Waals surface area contributed by atoms with E-state index < -0.39 is 5.54 Å². The van der Waals surface area contributed by atoms with E-state index in [9.17, 15) is 9.59 Å². The molecule has 3 rings (SSSR count). The van der Waals surface area contributed by atoms with Crippen LogP contribution in [0, 0.1) is 0 Å². The summed E-state index contributed by atoms with van der Waals surface area (Å²) in [6, 6.07) is 16.8. The Labute approximate surface area is 159 Å². The van der Waals surface area contributed by atoms with Crippen molar-refractivity contribution in [2.24, 2.45) is 5.73 Å². The van der Waals surface area contributed by atoms with Crippen molar-refractivity contribution < 1.29 is 14.3 Å². The Hall–Kier alpha value is -2.70. The fourth-order valence-electron chi connectivity index (χ4n) is 3.01. The zero-order chi connectivity index (χ0) is 19.3. The number of benzene rings is 2. The minimum atomic E-state index is -0.884. The number of carbonyl (C=O) groups excluding carboxylic acids is 2. The zero-order valence-corrected chi connectivity index (χ0v) is 15.5. The van der Waals surface area contributed by atoms with E-state index in [2.05, 4.69) is 5.32 Å². The number of amides is 2. The molecule has 1 saturated heterocycles. The Morgan fingerprint density at radius 2 is 1.70 bits per heavy atom. The van der Waals surface area contributed by atoms with E-state index in [4.69, 9.17) is 10.5 Å². The first-order chi connectivity index (χ1) is 13.0. The molecule has 3 N–H and O–H groups in total. The Morgan fingerprint density at radius 1 is 1.07 bits per heavy atom. The zero-order valence-electron chi connectivity index (χ0n) is 15.5. The number of nitrogens with zero attached hydrogens (tertiary/aromatic N) is 1. The minimum Gasteiger partial charge on any atom is -0.381 e. The third kappa shape index (κ3) is 4.72. The first-order valence-corrected chi connectivity index (χ1v) is 9.06. The van der Waals surface area contributed by atoms with Crippen LogP contribution in [-0.2, 0) is 20.7 Å². The number of nitrogens with two attached hydrogens (primary N) is 1. The summed E-state index contributed by atoms with van der Waals surface area (Å²) in [4.78, 5) is 26.5. The molecule has 142 valence electrons. The molecule has 6 heteroatoms. The first-order valence-electron chi connectivity index (χ1n) is 9.06. The molecular weight excluding hydrogens is 342 g/mol. The molecule has 2 amide bonds. The molecule has 2 aromatic carbocycles. The second kappa shape index (κ2) is 8.33. The molecule has 0 saturated carbocycles. The van der Waals surface area contributed by atoms with E-state index in [-0.39, 0.29) is 18.2 Å². The predicted octanol–water partition coefficient (Wildman–Crippen LogP) is 2.34. The smallest absolute Gasteiger partial charge is 0.244 e. The van der Waals surface area contributed by atoms with Crippen LogP contribution in [0.4, 0.5) is 11.4 Å². The molecule has 0 atom stereocenters. The number of ether oxygens (including phenoxy) is 1. The van der Waals surface area contributed by atoms with Gasteiger partial charge in [-0.15, -0.1) is 0 Å². The van der Waals surface area contributed by atoms with E-state index in [0.29, 0.717) is 31.7 Å². The average Bonchev–Trinajstić information content (AvgIpc) is 2.70. The summed E-state index contributed by atoms with van der Waals surface area (Å²) in [5.41, 5.74) is 7.72. The van der Waals surface area contributed by atoms with Gasteiger partial charge in [-0.1, -0.05) is 30.3 Å². The highest BCUT2D eigenvalue weighted by Gasteiger charge is 2.35. The molecule has 0 bridgehead atoms. The second-order valence-corrected chi connectivity index (χ2v) is 6.88. The molecular formula is C21H25N3O3. The number of carbonyl (C=O) groups is 2. The third-order valence-electron chi connectivity index (χ3n) is 4.92. The Kier molecular flexibility index (Phi) is 5.88. The van der Waals surface area contributed by atoms with Crippen LogP contribution in [0.1, 0.15) is 18.4 Å². The van der Waals surface area contributed by atoms with Crippen molar-refractivity contribution in [2.45, 2.75) is 24.8 Å². The predicted molar refractivity (Wildman–Crippen MR) is 106 cm³/mol. The molecule has 2 aromatic rings. The van der Waals surface area contributed by atoms with Gasteiger partial charge >= 0.3 is 0 Å². The van der Waals surface area contributed by atoms with Crippen LogP contribution >= 0.6 is 0 Å². The van der Waals surface area contributed by atoms with Crippen molar-refractivity contribution in [1.29, 1.82) is 0 Å². The fraction of sp³-hybridized carbons (Fsp3) is 0.333. The van der Waals surface area contributed by atoms with Crippen molar-refractivity contribution in [3.8, 4) is 0 Å². The largest absolute Gasteiger partial charge is 0.381 e. The lowest BCUT2D eigenvalue weighted by Gasteiger charge is -2.31. The van der Waals surface area contributed by atoms with Crippen LogP contribution in [0.15, 0.2) is 54.6 Å². The van der Waals surface area contributed by atoms with Gasteiger partial charge in [0, 0.05) is 31.6 Å². The summed E-state index contributed by atoms with van der Waals surface area (Å²) >= 11 is 0. The quantitative estimate of drug-likeness (QED) is 0.849. The minimum absolute atomic E-state index is 0.00102. The molecule has 0 unspecified atom stereocenters. The van der Waals surface area contributed by atoms with Crippen LogP contribution in [0.25, 0.3) is 0 Å². The van der Waals surface area contributed by atoms with Gasteiger partial charge in [0.2, 0.25) is 11.8 Å². The lowest BCUT2D eigenvalue weighted by atomic mass is 9.90. The molecule has 1 aliphatic heterocycles. The Morgan fingerprint density at radius 3 is 2.33 bits per heavy atom. The topological polar surface area (TPSA) is 84.7 Å². The van der Waals surface area contributed by atoms with E-state index >= 15 is 0 Å². The van der Waals surface area contributed by atoms with E-state index in [0.717, 1.165) is 11.3 Å². The lowest BCUT2D eigenvalue weighted by Crippen LogP contribution is -2.54. The lowest BCUT2D eigenvalue weighted by molar-refractivity contribution is -0.124. The Balaban J connectivity index is 1.58. The summed E-state index contributed by atoms with van der Waals surface area (Å²) < 4.78 is 5.27. The van der Waals surface area contributed by atoms with Crippen molar-refractivity contribution in [2.75, 3.05) is 30.5 Å². The van der Waals surface area contributed by atoms with Gasteiger partial charge in [-0.25, -0.2) is 0 Å². The summed E-state index contributed by atoms with van der Waals surface area (Å²) in [6.45, 7) is 1.000. The summed E-state index contributed by atoms with van der Waals surface area (Å²) in [5, 5.41) is 2.87. The molecule has 27 heavy (non-hydrogen) atoms. The average molecular weight is 367 g/mol. The number of nitrogens with one attached hydrogen (secondary N) is 1. The molecule has 6 nitrogen and oxygen atoms in total. The van der Waals surface area contributed by atoms with Gasteiger partial charge in [0.15, 0.2) is 0 Å². The normalized spacial score (nSPS) is 15.8. The van der Waals surface area contributed by atoms with Crippen LogP contribution in [0.2, 0.25) is 0 Å². The Bertz CT molecular complexity index is 784. The van der Waals surface area contributed by atoms with Crippen LogP contribution < -0.4 is 16.0 Å². The highest BCUT2D eigenvalue weighted by atomic mass is 16.5. The SMILES string of the molecule is CN(C(=O)Cc1ccc(NC(=O)C2(N)CCOCC2)cc1)c1ccccc1. The molecule has 0 radical (unpaired) electrons. The molecule has 1 fully saturated rings. The molecule has 1 heterocycles. The second-order valence-electron chi connectivity index (χ2n) is 6.88. The van der Waals surface area contributed by atoms with Crippen molar-refractivity contribution in [3.63, 3.8) is 0 Å². The van der Waals surface area contributed by atoms with Gasteiger partial charge in [-0.05, 0) is 42.7 Å². The van der Waals surface area contributed by atoms with Gasteiger partial charge < -0.3 is 20.7 Å². The van der Waals surface area contributed by atoms with E-state index in [1.807, 2.05) is 42.5 Å². The highest BCUT2D eigenvalue weighted by molar-refractivity contribution is 5.98. The number of likely N-dealkylation sites (N-methyl/N-ethyl adjacent to an activating group) is 1. The van der Waals surface area contributed by atoms with Gasteiger partial charge in [0.25, 0.3) is 0 Å². The number of para-hydroxylation sites is 1. The van der Waals surface area contributed by atoms with Crippen molar-refractivity contribution in [1.82, 2.24) is 0 Å². The van der Waals surface area contributed by atoms with Crippen LogP contribution in [0.3, 0.4) is 0 Å². The maximum atomic E-state index is 12.5. The monoisotopic (exact) mass is 367 g/mol. The van der Waals surface area contributed by atoms with Crippen molar-refractivity contribution >= 4 is 23.2 Å². The number of hydrogen-bond donors (Lipinski definition) is 2. The van der Waals surface area contributed by atoms with Gasteiger partial charge in [-0.3, -0.25) is 9.59 Å². The summed E-state index contributed by atoms with van der Waals surface area (Å²) in [5.74, 6) is -0.195. The van der Waals surface area contributed by atoms with Crippen molar-refractivity contribution in [3.05, 3.63) is 60.2 Å². The molecule has 0 aromatic heterocycles. The fourth-order valence-corrected chi connectivity index (χ4v) is 3.01. The standard InChI is InChI=1S/C21H25N3O3/c1-24(18-5-3-2-4-6-18)19(25)15-16-7-9-17(10-8-16)23-20(26)21(22)11-13-27-14-12-21/h2-10H,11-15,22H2,1H3,(H,23,26). The van der Waals surface area contributed by atoms with E-state index in [1.165, 1.54) is 0 Å². The van der Waals surface area contributed by atoms with Crippen LogP contribution in [0.5, 0.6) is 0 Å². The third-order valence-corrected chi connectivity index (χ3v) is 4.92. The number of hydrogen-bond acceptors (Lipinski definition) is 4. The first kappa shape index (κ1) is 19.1. The maximum Gasteiger partial charge on any atom is 0.244 e. The number of anilines is 2. The van der Waals surface area contributed by atoms with Gasteiger partial charge in [0.1, 0.15) is 5.54 Å². The maximum absolute atomic E-state index is 12.5. The van der Waals surface area contributed by atoms with Crippen LogP contribution in [-0.4, -0.2) is 37.6 Å². The van der Waals surface area contributed by atoms with Gasteiger partial charge in [-0.2, -0.15) is 0 Å². The molecule has 0 spiro atoms.